The monoisotopic (exact) mass is 382 g/mol. The summed E-state index contributed by atoms with van der Waals surface area (Å²) < 4.78 is 4.71. The Balaban J connectivity index is 1.98. The lowest BCUT2D eigenvalue weighted by molar-refractivity contribution is 0.0600. The summed E-state index contributed by atoms with van der Waals surface area (Å²) in [6, 6.07) is 9.72. The summed E-state index contributed by atoms with van der Waals surface area (Å²) in [4.78, 5) is 29.1. The van der Waals surface area contributed by atoms with Gasteiger partial charge in [0.2, 0.25) is 0 Å². The number of pyridine rings is 1. The highest BCUT2D eigenvalue weighted by atomic mass is 16.5. The Kier molecular flexibility index (Phi) is 5.40. The van der Waals surface area contributed by atoms with E-state index in [0.717, 1.165) is 16.8 Å². The number of amides is 1. The van der Waals surface area contributed by atoms with Crippen molar-refractivity contribution in [1.29, 1.82) is 0 Å². The first-order valence-electron chi connectivity index (χ1n) is 9.36. The molecule has 1 aliphatic rings. The van der Waals surface area contributed by atoms with Crippen LogP contribution in [0.5, 0.6) is 0 Å². The first-order valence-corrected chi connectivity index (χ1v) is 9.36. The van der Waals surface area contributed by atoms with E-state index in [4.69, 9.17) is 4.74 Å². The van der Waals surface area contributed by atoms with Crippen molar-refractivity contribution in [3.63, 3.8) is 0 Å². The van der Waals surface area contributed by atoms with Crippen molar-refractivity contribution in [2.24, 2.45) is 5.41 Å². The van der Waals surface area contributed by atoms with E-state index >= 15 is 0 Å². The van der Waals surface area contributed by atoms with Gasteiger partial charge in [0.05, 0.1) is 18.4 Å². The Labute approximate surface area is 165 Å². The molecule has 148 valence electrons. The molecule has 1 unspecified atom stereocenters. The number of carbonyl (C=O) groups is 2. The van der Waals surface area contributed by atoms with Gasteiger partial charge in [0.1, 0.15) is 0 Å². The van der Waals surface area contributed by atoms with Gasteiger partial charge in [0.25, 0.3) is 0 Å². The number of fused-ring (bicyclic) bond motifs is 1. The molecule has 6 nitrogen and oxygen atoms in total. The lowest BCUT2D eigenvalue weighted by atomic mass is 9.75. The summed E-state index contributed by atoms with van der Waals surface area (Å²) in [6.45, 7) is 7.42. The number of carbonyl (C=O) groups excluding carboxylic acids is 1. The van der Waals surface area contributed by atoms with E-state index in [2.05, 4.69) is 37.9 Å². The van der Waals surface area contributed by atoms with Gasteiger partial charge in [-0.1, -0.05) is 32.9 Å². The third kappa shape index (κ3) is 4.01. The topological polar surface area (TPSA) is 79.7 Å². The molecule has 0 spiro atoms. The Bertz CT molecular complexity index is 884. The highest BCUT2D eigenvalue weighted by Gasteiger charge is 2.33. The zero-order chi connectivity index (χ0) is 20.5. The molecular weight excluding hydrogens is 356 g/mol. The normalized spacial score (nSPS) is 16.9. The fourth-order valence-electron chi connectivity index (χ4n) is 3.70. The Morgan fingerprint density at radius 3 is 2.54 bits per heavy atom. The zero-order valence-corrected chi connectivity index (χ0v) is 16.7. The van der Waals surface area contributed by atoms with Gasteiger partial charge in [0, 0.05) is 30.8 Å². The molecule has 0 bridgehead atoms. The van der Waals surface area contributed by atoms with Crippen LogP contribution in [0.3, 0.4) is 0 Å². The lowest BCUT2D eigenvalue weighted by Gasteiger charge is -2.33. The predicted molar refractivity (Wildman–Crippen MR) is 107 cm³/mol. The van der Waals surface area contributed by atoms with Crippen LogP contribution in [0.25, 0.3) is 11.3 Å². The number of carboxylic acid groups (broad SMARTS) is 1. The summed E-state index contributed by atoms with van der Waals surface area (Å²) in [5, 5.41) is 9.53. The van der Waals surface area contributed by atoms with Crippen molar-refractivity contribution >= 4 is 12.1 Å². The van der Waals surface area contributed by atoms with E-state index in [1.165, 1.54) is 23.8 Å². The molecule has 0 saturated heterocycles. The van der Waals surface area contributed by atoms with Crippen LogP contribution in [0.1, 0.15) is 48.2 Å². The van der Waals surface area contributed by atoms with Crippen LogP contribution in [0.15, 0.2) is 36.5 Å². The van der Waals surface area contributed by atoms with Gasteiger partial charge in [-0.3, -0.25) is 4.98 Å². The second kappa shape index (κ2) is 7.62. The fraction of sp³-hybridized carbons (Fsp3) is 0.409. The molecule has 0 fully saturated rings. The number of ether oxygens (including phenoxy) is 1. The van der Waals surface area contributed by atoms with Crippen molar-refractivity contribution in [2.45, 2.75) is 33.1 Å². The van der Waals surface area contributed by atoms with E-state index in [1.54, 1.807) is 12.1 Å². The summed E-state index contributed by atoms with van der Waals surface area (Å²) >= 11 is 0. The predicted octanol–water partition coefficient (Wildman–Crippen LogP) is 4.20. The number of methoxy groups -OCH3 is 1. The van der Waals surface area contributed by atoms with Gasteiger partial charge < -0.3 is 14.7 Å². The van der Waals surface area contributed by atoms with Gasteiger partial charge in [-0.05, 0) is 41.2 Å². The molecule has 0 radical (unpaired) electrons. The van der Waals surface area contributed by atoms with Crippen LogP contribution in [-0.4, -0.2) is 47.3 Å². The fourth-order valence-corrected chi connectivity index (χ4v) is 3.70. The number of hydrogen-bond acceptors (Lipinski definition) is 4. The molecule has 28 heavy (non-hydrogen) atoms. The third-order valence-electron chi connectivity index (χ3n) is 5.37. The maximum Gasteiger partial charge on any atom is 0.407 e. The Hall–Kier alpha value is -2.89. The third-order valence-corrected chi connectivity index (χ3v) is 5.37. The lowest BCUT2D eigenvalue weighted by Crippen LogP contribution is -2.36. The van der Waals surface area contributed by atoms with E-state index in [0.29, 0.717) is 25.1 Å². The number of benzene rings is 1. The average Bonchev–Trinajstić information content (AvgIpc) is 2.86. The molecule has 1 aromatic heterocycles. The van der Waals surface area contributed by atoms with Gasteiger partial charge in [0.15, 0.2) is 0 Å². The van der Waals surface area contributed by atoms with E-state index < -0.39 is 12.1 Å². The molecule has 3 rings (SSSR count). The highest BCUT2D eigenvalue weighted by Crippen LogP contribution is 2.40. The second-order valence-corrected chi connectivity index (χ2v) is 8.23. The minimum absolute atomic E-state index is 0.0608. The molecule has 1 N–H and O–H groups in total. The van der Waals surface area contributed by atoms with E-state index in [-0.39, 0.29) is 11.3 Å². The zero-order valence-electron chi connectivity index (χ0n) is 16.7. The van der Waals surface area contributed by atoms with Gasteiger partial charge in [-0.15, -0.1) is 0 Å². The quantitative estimate of drug-likeness (QED) is 0.788. The summed E-state index contributed by atoms with van der Waals surface area (Å²) in [6.07, 6.45) is 1.31. The van der Waals surface area contributed by atoms with Gasteiger partial charge >= 0.3 is 12.1 Å². The molecule has 2 heterocycles. The van der Waals surface area contributed by atoms with Crippen LogP contribution in [0, 0.1) is 5.41 Å². The molecule has 0 saturated carbocycles. The number of hydrogen-bond donors (Lipinski definition) is 1. The standard InChI is InChI=1S/C22H26N2O4/c1-22(2,3)18-13-24(21(26)27)10-9-14-11-15(5-7-17(14)18)19-8-6-16(12-23-19)20(25)28-4/h5-8,11-12,18H,9-10,13H2,1-4H3,(H,26,27). The van der Waals surface area contributed by atoms with Gasteiger partial charge in [-0.2, -0.15) is 0 Å². The number of nitrogens with zero attached hydrogens (tertiary/aromatic N) is 2. The number of aromatic nitrogens is 1. The van der Waals surface area contributed by atoms with Crippen molar-refractivity contribution in [2.75, 3.05) is 20.2 Å². The minimum Gasteiger partial charge on any atom is -0.465 e. The van der Waals surface area contributed by atoms with Gasteiger partial charge in [-0.25, -0.2) is 9.59 Å². The van der Waals surface area contributed by atoms with E-state index in [1.807, 2.05) is 6.07 Å². The van der Waals surface area contributed by atoms with Crippen molar-refractivity contribution in [3.05, 3.63) is 53.2 Å². The molecule has 1 aliphatic heterocycles. The average molecular weight is 382 g/mol. The summed E-state index contributed by atoms with van der Waals surface area (Å²) in [7, 11) is 1.34. The smallest absolute Gasteiger partial charge is 0.407 e. The van der Waals surface area contributed by atoms with E-state index in [9.17, 15) is 14.7 Å². The molecule has 0 aliphatic carbocycles. The Morgan fingerprint density at radius 2 is 1.96 bits per heavy atom. The number of rotatable bonds is 2. The van der Waals surface area contributed by atoms with Crippen LogP contribution < -0.4 is 0 Å². The first-order chi connectivity index (χ1) is 13.2. The SMILES string of the molecule is COC(=O)c1ccc(-c2ccc3c(c2)CCN(C(=O)O)CC3C(C)(C)C)nc1. The highest BCUT2D eigenvalue weighted by molar-refractivity contribution is 5.89. The molecular formula is C22H26N2O4. The van der Waals surface area contributed by atoms with Crippen molar-refractivity contribution < 1.29 is 19.4 Å². The van der Waals surface area contributed by atoms with Crippen LogP contribution in [0.4, 0.5) is 4.79 Å². The molecule has 1 amide bonds. The maximum atomic E-state index is 11.6. The largest absolute Gasteiger partial charge is 0.465 e. The van der Waals surface area contributed by atoms with Crippen molar-refractivity contribution in [1.82, 2.24) is 9.88 Å². The first kappa shape index (κ1) is 19.9. The molecule has 6 heteroatoms. The Morgan fingerprint density at radius 1 is 1.21 bits per heavy atom. The summed E-state index contributed by atoms with van der Waals surface area (Å²) in [5.41, 5.74) is 4.42. The maximum absolute atomic E-state index is 11.6. The molecule has 1 aromatic carbocycles. The molecule has 1 atom stereocenters. The van der Waals surface area contributed by atoms with Crippen LogP contribution in [-0.2, 0) is 11.2 Å². The number of esters is 1. The van der Waals surface area contributed by atoms with Crippen LogP contribution in [0.2, 0.25) is 0 Å². The molecule has 2 aromatic rings. The second-order valence-electron chi connectivity index (χ2n) is 8.23. The minimum atomic E-state index is -0.873. The van der Waals surface area contributed by atoms with Crippen molar-refractivity contribution in [3.8, 4) is 11.3 Å². The summed E-state index contributed by atoms with van der Waals surface area (Å²) in [5.74, 6) is -0.299. The van der Waals surface area contributed by atoms with Crippen LogP contribution >= 0.6 is 0 Å².